The first-order chi connectivity index (χ1) is 8.11. The minimum absolute atomic E-state index is 0.000995. The van der Waals surface area contributed by atoms with Crippen molar-refractivity contribution in [1.29, 1.82) is 0 Å². The van der Waals surface area contributed by atoms with Gasteiger partial charge in [0.1, 0.15) is 5.75 Å². The van der Waals surface area contributed by atoms with Crippen molar-refractivity contribution in [3.8, 4) is 5.75 Å². The first-order valence-corrected chi connectivity index (χ1v) is 3.66. The number of ether oxygens (including phenoxy) is 1. The summed E-state index contributed by atoms with van der Waals surface area (Å²) in [5.41, 5.74) is -0.241. The van der Waals surface area contributed by atoms with Gasteiger partial charge < -0.3 is 14.8 Å². The molecule has 0 unspecified atom stereocenters. The molecule has 0 spiro atoms. The molecule has 0 saturated heterocycles. The zero-order chi connectivity index (χ0) is 14.1. The number of methoxy groups -OCH3 is 1. The summed E-state index contributed by atoms with van der Waals surface area (Å²) in [6.07, 6.45) is -2.65. The molecule has 0 saturated carbocycles. The van der Waals surface area contributed by atoms with E-state index in [-0.39, 0.29) is 16.8 Å². The van der Waals surface area contributed by atoms with Gasteiger partial charge in [-0.3, -0.25) is 0 Å². The monoisotopic (exact) mass is 185 g/mol. The molecule has 0 fully saturated rings. The van der Waals surface area contributed by atoms with Crippen LogP contribution in [-0.2, 0) is 6.37 Å². The van der Waals surface area contributed by atoms with Crippen molar-refractivity contribution in [2.75, 3.05) is 7.11 Å². The van der Waals surface area contributed by atoms with Gasteiger partial charge in [-0.2, -0.15) is 0 Å². The van der Waals surface area contributed by atoms with E-state index in [0.717, 1.165) is 6.07 Å². The minimum Gasteiger partial charge on any atom is -0.496 e. The molecule has 0 heterocycles. The fourth-order valence-electron chi connectivity index (χ4n) is 0.984. The lowest BCUT2D eigenvalue weighted by Gasteiger charge is -2.08. The summed E-state index contributed by atoms with van der Waals surface area (Å²) in [4.78, 5) is 0. The lowest BCUT2D eigenvalue weighted by Crippen LogP contribution is -2.29. The van der Waals surface area contributed by atoms with Gasteiger partial charge in [0, 0.05) is 6.85 Å². The summed E-state index contributed by atoms with van der Waals surface area (Å²) < 4.78 is 41.8. The van der Waals surface area contributed by atoms with Crippen molar-refractivity contribution in [2.24, 2.45) is 0 Å². The Morgan fingerprint density at radius 1 is 1.62 bits per heavy atom. The van der Waals surface area contributed by atoms with Crippen LogP contribution in [0.2, 0.25) is 0 Å². The molecule has 0 radical (unpaired) electrons. The SMILES string of the molecule is [2H]C([2H])([2H])C([2H])([2H])c1cc(B(O)O)ccc1OC. The van der Waals surface area contributed by atoms with Crippen molar-refractivity contribution < 1.29 is 21.6 Å². The Labute approximate surface area is 85.1 Å². The molecule has 0 aliphatic heterocycles. The van der Waals surface area contributed by atoms with E-state index in [1.165, 1.54) is 19.2 Å². The predicted octanol–water partition coefficient (Wildman–Crippen LogP) is -0.0626. The zero-order valence-electron chi connectivity index (χ0n) is 12.1. The first-order valence-electron chi connectivity index (χ1n) is 6.16. The third kappa shape index (κ3) is 2.23. The first kappa shape index (κ1) is 5.03. The van der Waals surface area contributed by atoms with Gasteiger partial charge in [-0.1, -0.05) is 19.0 Å². The van der Waals surface area contributed by atoms with E-state index in [1.807, 2.05) is 0 Å². The van der Waals surface area contributed by atoms with Gasteiger partial charge in [0.2, 0.25) is 0 Å². The molecule has 0 aliphatic rings. The van der Waals surface area contributed by atoms with E-state index in [4.69, 9.17) is 21.6 Å². The fraction of sp³-hybridized carbons (Fsp3) is 0.333. The van der Waals surface area contributed by atoms with Gasteiger partial charge in [-0.25, -0.2) is 0 Å². The number of aryl methyl sites for hydroxylation is 1. The standard InChI is InChI=1S/C9H13BO3/c1-3-7-6-8(10(11)12)4-5-9(7)13-2/h4-6,11-12H,3H2,1-2H3/i1D3,3D2. The largest absolute Gasteiger partial charge is 0.496 e. The zero-order valence-corrected chi connectivity index (χ0v) is 7.11. The molecule has 0 aromatic heterocycles. The van der Waals surface area contributed by atoms with Crippen molar-refractivity contribution in [3.05, 3.63) is 23.8 Å². The van der Waals surface area contributed by atoms with Crippen molar-refractivity contribution >= 4 is 12.6 Å². The topological polar surface area (TPSA) is 49.7 Å². The smallest absolute Gasteiger partial charge is 0.488 e. The van der Waals surface area contributed by atoms with Crippen LogP contribution in [0.25, 0.3) is 0 Å². The summed E-state index contributed by atoms with van der Waals surface area (Å²) in [5.74, 6) is 0.0422. The van der Waals surface area contributed by atoms with E-state index >= 15 is 0 Å². The molecule has 0 atom stereocenters. The van der Waals surface area contributed by atoms with Gasteiger partial charge in [-0.15, -0.1) is 0 Å². The summed E-state index contributed by atoms with van der Waals surface area (Å²) in [6, 6.07) is 3.70. The number of hydrogen-bond donors (Lipinski definition) is 2. The van der Waals surface area contributed by atoms with Gasteiger partial charge in [0.05, 0.1) is 7.11 Å². The number of benzene rings is 1. The molecule has 0 aliphatic carbocycles. The number of hydrogen-bond acceptors (Lipinski definition) is 3. The second-order valence-corrected chi connectivity index (χ2v) is 2.46. The van der Waals surface area contributed by atoms with Crippen LogP contribution in [0, 0.1) is 0 Å². The molecular weight excluding hydrogens is 167 g/mol. The van der Waals surface area contributed by atoms with E-state index in [1.54, 1.807) is 0 Å². The van der Waals surface area contributed by atoms with Gasteiger partial charge in [-0.05, 0) is 23.5 Å². The van der Waals surface area contributed by atoms with Crippen LogP contribution >= 0.6 is 0 Å². The molecular formula is C9H13BO3. The average molecular weight is 185 g/mol. The third-order valence-corrected chi connectivity index (χ3v) is 1.66. The Kier molecular flexibility index (Phi) is 1.66. The maximum atomic E-state index is 9.03. The third-order valence-electron chi connectivity index (χ3n) is 1.66. The van der Waals surface area contributed by atoms with Gasteiger partial charge in [0.25, 0.3) is 0 Å². The summed E-state index contributed by atoms with van der Waals surface area (Å²) in [5, 5.41) is 18.1. The Morgan fingerprint density at radius 2 is 2.38 bits per heavy atom. The summed E-state index contributed by atoms with van der Waals surface area (Å²) >= 11 is 0. The summed E-state index contributed by atoms with van der Waals surface area (Å²) in [7, 11) is -0.522. The second kappa shape index (κ2) is 4.30. The lowest BCUT2D eigenvalue weighted by atomic mass is 9.79. The highest BCUT2D eigenvalue weighted by atomic mass is 16.5. The van der Waals surface area contributed by atoms with E-state index in [2.05, 4.69) is 0 Å². The number of rotatable bonds is 3. The Morgan fingerprint density at radius 3 is 2.92 bits per heavy atom. The van der Waals surface area contributed by atoms with E-state index < -0.39 is 20.3 Å². The molecule has 3 nitrogen and oxygen atoms in total. The highest BCUT2D eigenvalue weighted by Gasteiger charge is 2.12. The van der Waals surface area contributed by atoms with Gasteiger partial charge in [0.15, 0.2) is 0 Å². The Balaban J connectivity index is 3.41. The van der Waals surface area contributed by atoms with Crippen molar-refractivity contribution in [1.82, 2.24) is 0 Å². The predicted molar refractivity (Wildman–Crippen MR) is 52.2 cm³/mol. The molecule has 13 heavy (non-hydrogen) atoms. The Hall–Kier alpha value is -0.995. The molecule has 2 N–H and O–H groups in total. The Bertz CT molecular complexity index is 433. The molecule has 0 bridgehead atoms. The minimum atomic E-state index is -2.89. The average Bonchev–Trinajstić information content (AvgIpc) is 2.26. The highest BCUT2D eigenvalue weighted by Crippen LogP contribution is 2.16. The maximum Gasteiger partial charge on any atom is 0.488 e. The van der Waals surface area contributed by atoms with E-state index in [9.17, 15) is 0 Å². The molecule has 1 aromatic rings. The molecule has 1 aromatic carbocycles. The van der Waals surface area contributed by atoms with E-state index in [0.29, 0.717) is 0 Å². The van der Waals surface area contributed by atoms with Crippen LogP contribution in [0.15, 0.2) is 18.2 Å². The quantitative estimate of drug-likeness (QED) is 0.648. The molecule has 1 rings (SSSR count). The highest BCUT2D eigenvalue weighted by molar-refractivity contribution is 6.58. The van der Waals surface area contributed by atoms with Crippen molar-refractivity contribution in [2.45, 2.75) is 13.2 Å². The molecule has 4 heteroatoms. The van der Waals surface area contributed by atoms with Crippen LogP contribution in [-0.4, -0.2) is 24.3 Å². The van der Waals surface area contributed by atoms with Crippen LogP contribution in [0.5, 0.6) is 5.75 Å². The normalized spacial score (nSPS) is 17.6. The summed E-state index contributed by atoms with van der Waals surface area (Å²) in [6.45, 7) is -2.89. The van der Waals surface area contributed by atoms with Crippen LogP contribution in [0.3, 0.4) is 0 Å². The van der Waals surface area contributed by atoms with Crippen molar-refractivity contribution in [3.63, 3.8) is 0 Å². The van der Waals surface area contributed by atoms with Crippen LogP contribution in [0.4, 0.5) is 0 Å². The molecule has 70 valence electrons. The fourth-order valence-corrected chi connectivity index (χ4v) is 0.984. The van der Waals surface area contributed by atoms with Gasteiger partial charge >= 0.3 is 7.12 Å². The van der Waals surface area contributed by atoms with Crippen LogP contribution in [0.1, 0.15) is 19.3 Å². The molecule has 0 amide bonds. The second-order valence-electron chi connectivity index (χ2n) is 2.46. The lowest BCUT2D eigenvalue weighted by molar-refractivity contribution is 0.409. The maximum absolute atomic E-state index is 9.03. The van der Waals surface area contributed by atoms with Crippen LogP contribution < -0.4 is 10.2 Å².